The van der Waals surface area contributed by atoms with Crippen LogP contribution in [0.25, 0.3) is 0 Å². The smallest absolute Gasteiger partial charge is 0.0325 e. The lowest BCUT2D eigenvalue weighted by Gasteiger charge is -2.32. The van der Waals surface area contributed by atoms with Crippen molar-refractivity contribution in [2.45, 2.75) is 39.8 Å². The van der Waals surface area contributed by atoms with E-state index in [-0.39, 0.29) is 0 Å². The molecule has 1 aromatic rings. The molecule has 4 unspecified atom stereocenters. The van der Waals surface area contributed by atoms with E-state index in [0.717, 1.165) is 11.8 Å². The quantitative estimate of drug-likeness (QED) is 0.877. The molecule has 19 heavy (non-hydrogen) atoms. The Kier molecular flexibility index (Phi) is 3.40. The Morgan fingerprint density at radius 3 is 2.74 bits per heavy atom. The zero-order valence-corrected chi connectivity index (χ0v) is 12.6. The van der Waals surface area contributed by atoms with Gasteiger partial charge < -0.3 is 5.32 Å². The van der Waals surface area contributed by atoms with Crippen LogP contribution in [0.5, 0.6) is 0 Å². The van der Waals surface area contributed by atoms with E-state index in [0.29, 0.717) is 12.1 Å². The summed E-state index contributed by atoms with van der Waals surface area (Å²) in [6.45, 7) is 12.9. The Morgan fingerprint density at radius 2 is 2.05 bits per heavy atom. The zero-order valence-electron chi connectivity index (χ0n) is 12.6. The molecule has 3 rings (SSSR count). The van der Waals surface area contributed by atoms with Gasteiger partial charge in [-0.1, -0.05) is 23.8 Å². The molecule has 4 atom stereocenters. The van der Waals surface area contributed by atoms with Crippen molar-refractivity contribution in [2.24, 2.45) is 11.8 Å². The Bertz CT molecular complexity index is 468. The second-order valence-electron chi connectivity index (χ2n) is 6.56. The van der Waals surface area contributed by atoms with Gasteiger partial charge in [0.15, 0.2) is 0 Å². The van der Waals surface area contributed by atoms with Gasteiger partial charge in [-0.05, 0) is 63.7 Å². The predicted octanol–water partition coefficient (Wildman–Crippen LogP) is 2.90. The molecule has 2 saturated heterocycles. The molecule has 2 aliphatic rings. The summed E-state index contributed by atoms with van der Waals surface area (Å²) in [6, 6.07) is 8.14. The maximum atomic E-state index is 3.55. The van der Waals surface area contributed by atoms with Crippen molar-refractivity contribution >= 4 is 0 Å². The van der Waals surface area contributed by atoms with Gasteiger partial charge >= 0.3 is 0 Å². The molecule has 0 spiro atoms. The molecule has 0 amide bonds. The molecule has 0 radical (unpaired) electrons. The van der Waals surface area contributed by atoms with Gasteiger partial charge in [0.25, 0.3) is 0 Å². The highest BCUT2D eigenvalue weighted by Gasteiger charge is 2.43. The highest BCUT2D eigenvalue weighted by molar-refractivity contribution is 5.32. The van der Waals surface area contributed by atoms with Gasteiger partial charge in [-0.25, -0.2) is 0 Å². The van der Waals surface area contributed by atoms with E-state index >= 15 is 0 Å². The molecule has 2 heteroatoms. The Balaban J connectivity index is 1.82. The van der Waals surface area contributed by atoms with E-state index in [1.807, 2.05) is 0 Å². The summed E-state index contributed by atoms with van der Waals surface area (Å²) in [5, 5.41) is 3.55. The van der Waals surface area contributed by atoms with Gasteiger partial charge in [0.05, 0.1) is 0 Å². The summed E-state index contributed by atoms with van der Waals surface area (Å²) in [4.78, 5) is 2.72. The van der Waals surface area contributed by atoms with E-state index in [4.69, 9.17) is 0 Å². The SMILES string of the molecule is Cc1ccc(C(C)N2CC3CNCC3C2C)c(C)c1. The molecule has 1 N–H and O–H groups in total. The number of fused-ring (bicyclic) bond motifs is 1. The number of hydrogen-bond donors (Lipinski definition) is 1. The minimum absolute atomic E-state index is 0.543. The maximum Gasteiger partial charge on any atom is 0.0325 e. The number of nitrogens with zero attached hydrogens (tertiary/aromatic N) is 1. The van der Waals surface area contributed by atoms with E-state index in [2.05, 4.69) is 56.1 Å². The Hall–Kier alpha value is -0.860. The lowest BCUT2D eigenvalue weighted by Crippen LogP contribution is -2.35. The van der Waals surface area contributed by atoms with Gasteiger partial charge in [0.1, 0.15) is 0 Å². The van der Waals surface area contributed by atoms with E-state index in [1.165, 1.54) is 36.3 Å². The standard InChI is InChI=1S/C17H26N2/c1-11-5-6-16(12(2)7-11)13(3)19-10-15-8-18-9-17(15)14(19)4/h5-7,13-15,17-18H,8-10H2,1-4H3. The van der Waals surface area contributed by atoms with Crippen LogP contribution in [0.3, 0.4) is 0 Å². The number of rotatable bonds is 2. The third kappa shape index (κ3) is 2.21. The summed E-state index contributed by atoms with van der Waals surface area (Å²) in [5.74, 6) is 1.72. The summed E-state index contributed by atoms with van der Waals surface area (Å²) in [7, 11) is 0. The van der Waals surface area contributed by atoms with Gasteiger partial charge in [0.2, 0.25) is 0 Å². The van der Waals surface area contributed by atoms with Crippen LogP contribution in [0.1, 0.15) is 36.6 Å². The maximum absolute atomic E-state index is 3.55. The predicted molar refractivity (Wildman–Crippen MR) is 80.3 cm³/mol. The number of likely N-dealkylation sites (tertiary alicyclic amines) is 1. The molecule has 0 aromatic heterocycles. The number of aryl methyl sites for hydroxylation is 2. The minimum Gasteiger partial charge on any atom is -0.316 e. The topological polar surface area (TPSA) is 15.3 Å². The Morgan fingerprint density at radius 1 is 1.26 bits per heavy atom. The van der Waals surface area contributed by atoms with Crippen LogP contribution < -0.4 is 5.32 Å². The van der Waals surface area contributed by atoms with Crippen molar-refractivity contribution in [3.8, 4) is 0 Å². The molecule has 2 heterocycles. The van der Waals surface area contributed by atoms with Crippen LogP contribution >= 0.6 is 0 Å². The fourth-order valence-corrected chi connectivity index (χ4v) is 4.18. The number of hydrogen-bond acceptors (Lipinski definition) is 2. The summed E-state index contributed by atoms with van der Waals surface area (Å²) < 4.78 is 0. The van der Waals surface area contributed by atoms with Gasteiger partial charge in [-0.15, -0.1) is 0 Å². The first kappa shape index (κ1) is 13.1. The van der Waals surface area contributed by atoms with E-state index < -0.39 is 0 Å². The van der Waals surface area contributed by atoms with Crippen molar-refractivity contribution in [1.29, 1.82) is 0 Å². The number of benzene rings is 1. The molecule has 0 saturated carbocycles. The second kappa shape index (κ2) is 4.92. The van der Waals surface area contributed by atoms with Crippen LogP contribution in [0.4, 0.5) is 0 Å². The van der Waals surface area contributed by atoms with Gasteiger partial charge in [-0.3, -0.25) is 4.90 Å². The third-order valence-electron chi connectivity index (χ3n) is 5.35. The third-order valence-corrected chi connectivity index (χ3v) is 5.35. The molecular formula is C17H26N2. The molecule has 0 bridgehead atoms. The first-order valence-corrected chi connectivity index (χ1v) is 7.61. The fraction of sp³-hybridized carbons (Fsp3) is 0.647. The number of nitrogens with one attached hydrogen (secondary N) is 1. The molecular weight excluding hydrogens is 232 g/mol. The van der Waals surface area contributed by atoms with Crippen molar-refractivity contribution in [3.05, 3.63) is 34.9 Å². The monoisotopic (exact) mass is 258 g/mol. The summed E-state index contributed by atoms with van der Waals surface area (Å²) >= 11 is 0. The van der Waals surface area contributed by atoms with Gasteiger partial charge in [0, 0.05) is 18.6 Å². The average Bonchev–Trinajstić information content (AvgIpc) is 2.92. The largest absolute Gasteiger partial charge is 0.316 e. The van der Waals surface area contributed by atoms with Crippen LogP contribution in [0, 0.1) is 25.7 Å². The van der Waals surface area contributed by atoms with Crippen molar-refractivity contribution in [3.63, 3.8) is 0 Å². The molecule has 2 nitrogen and oxygen atoms in total. The first-order valence-electron chi connectivity index (χ1n) is 7.61. The van der Waals surface area contributed by atoms with E-state index in [1.54, 1.807) is 0 Å². The molecule has 104 valence electrons. The lowest BCUT2D eigenvalue weighted by atomic mass is 9.95. The fourth-order valence-electron chi connectivity index (χ4n) is 4.18. The van der Waals surface area contributed by atoms with Crippen LogP contribution in [-0.2, 0) is 0 Å². The van der Waals surface area contributed by atoms with Crippen LogP contribution in [0.15, 0.2) is 18.2 Å². The minimum atomic E-state index is 0.543. The summed E-state index contributed by atoms with van der Waals surface area (Å²) in [6.07, 6.45) is 0. The van der Waals surface area contributed by atoms with Gasteiger partial charge in [-0.2, -0.15) is 0 Å². The van der Waals surface area contributed by atoms with Crippen molar-refractivity contribution < 1.29 is 0 Å². The molecule has 2 fully saturated rings. The zero-order chi connectivity index (χ0) is 13.6. The first-order chi connectivity index (χ1) is 9.08. The average molecular weight is 258 g/mol. The van der Waals surface area contributed by atoms with Crippen molar-refractivity contribution in [1.82, 2.24) is 10.2 Å². The molecule has 0 aliphatic carbocycles. The normalized spacial score (nSPS) is 32.5. The van der Waals surface area contributed by atoms with Crippen LogP contribution in [-0.4, -0.2) is 30.6 Å². The highest BCUT2D eigenvalue weighted by atomic mass is 15.2. The summed E-state index contributed by atoms with van der Waals surface area (Å²) in [5.41, 5.74) is 4.31. The highest BCUT2D eigenvalue weighted by Crippen LogP contribution is 2.38. The Labute approximate surface area is 117 Å². The molecule has 1 aromatic carbocycles. The lowest BCUT2D eigenvalue weighted by molar-refractivity contribution is 0.182. The van der Waals surface area contributed by atoms with E-state index in [9.17, 15) is 0 Å². The van der Waals surface area contributed by atoms with Crippen LogP contribution in [0.2, 0.25) is 0 Å². The van der Waals surface area contributed by atoms with Crippen molar-refractivity contribution in [2.75, 3.05) is 19.6 Å². The molecule has 2 aliphatic heterocycles. The second-order valence-corrected chi connectivity index (χ2v) is 6.56.